The molecule has 0 aliphatic carbocycles. The second kappa shape index (κ2) is 5.00. The molecule has 0 fully saturated rings. The number of carbonyl (C=O) groups is 2. The van der Waals surface area contributed by atoms with Crippen molar-refractivity contribution in [2.75, 3.05) is 7.05 Å². The smallest absolute Gasteiger partial charge is 0.326 e. The van der Waals surface area contributed by atoms with Gasteiger partial charge in [-0.3, -0.25) is 4.79 Å². The zero-order valence-electron chi connectivity index (χ0n) is 12.0. The number of nitrogens with zero attached hydrogens (tertiary/aromatic N) is 1. The van der Waals surface area contributed by atoms with E-state index in [4.69, 9.17) is 5.11 Å². The number of hydrogen-bond acceptors (Lipinski definition) is 2. The first-order valence-electron chi connectivity index (χ1n) is 6.41. The van der Waals surface area contributed by atoms with E-state index in [1.165, 1.54) is 18.9 Å². The number of carboxylic acids is 1. The molecule has 0 aliphatic heterocycles. The molecular weight excluding hydrogens is 256 g/mol. The summed E-state index contributed by atoms with van der Waals surface area (Å²) in [5, 5.41) is 9.95. The third kappa shape index (κ3) is 2.27. The Kier molecular flexibility index (Phi) is 3.53. The van der Waals surface area contributed by atoms with E-state index in [-0.39, 0.29) is 5.91 Å². The predicted molar refractivity (Wildman–Crippen MR) is 77.0 cm³/mol. The molecule has 1 aromatic heterocycles. The van der Waals surface area contributed by atoms with Crippen molar-refractivity contribution in [3.63, 3.8) is 0 Å². The third-order valence-electron chi connectivity index (χ3n) is 3.83. The summed E-state index contributed by atoms with van der Waals surface area (Å²) in [6.07, 6.45) is 0. The van der Waals surface area contributed by atoms with Crippen LogP contribution in [0.15, 0.2) is 18.2 Å². The minimum absolute atomic E-state index is 0.326. The molecule has 1 unspecified atom stereocenters. The van der Waals surface area contributed by atoms with Gasteiger partial charge in [0.1, 0.15) is 11.7 Å². The van der Waals surface area contributed by atoms with Crippen LogP contribution in [0.2, 0.25) is 0 Å². The highest BCUT2D eigenvalue weighted by molar-refractivity contribution is 6.00. The number of rotatable bonds is 3. The van der Waals surface area contributed by atoms with Crippen LogP contribution in [-0.2, 0) is 4.79 Å². The maximum absolute atomic E-state index is 12.3. The van der Waals surface area contributed by atoms with Crippen molar-refractivity contribution in [3.8, 4) is 0 Å². The van der Waals surface area contributed by atoms with Gasteiger partial charge >= 0.3 is 5.97 Å². The van der Waals surface area contributed by atoms with Gasteiger partial charge in [-0.2, -0.15) is 0 Å². The van der Waals surface area contributed by atoms with Gasteiger partial charge in [-0.25, -0.2) is 4.79 Å². The van der Waals surface area contributed by atoms with Crippen molar-refractivity contribution in [3.05, 3.63) is 35.0 Å². The van der Waals surface area contributed by atoms with E-state index in [9.17, 15) is 9.59 Å². The molecule has 2 rings (SSSR count). The lowest BCUT2D eigenvalue weighted by Crippen LogP contribution is -2.40. The molecule has 2 aromatic rings. The van der Waals surface area contributed by atoms with Crippen molar-refractivity contribution in [2.45, 2.75) is 26.8 Å². The summed E-state index contributed by atoms with van der Waals surface area (Å²) < 4.78 is 0. The summed E-state index contributed by atoms with van der Waals surface area (Å²) in [6.45, 7) is 5.50. The number of aromatic amines is 1. The fourth-order valence-corrected chi connectivity index (χ4v) is 2.10. The summed E-state index contributed by atoms with van der Waals surface area (Å²) in [5.41, 5.74) is 3.56. The Morgan fingerprint density at radius 3 is 2.55 bits per heavy atom. The monoisotopic (exact) mass is 274 g/mol. The molecule has 2 N–H and O–H groups in total. The van der Waals surface area contributed by atoms with Gasteiger partial charge in [0.25, 0.3) is 5.91 Å². The van der Waals surface area contributed by atoms with Crippen LogP contribution in [0.5, 0.6) is 0 Å². The summed E-state index contributed by atoms with van der Waals surface area (Å²) in [4.78, 5) is 27.5. The molecule has 20 heavy (non-hydrogen) atoms. The van der Waals surface area contributed by atoms with Gasteiger partial charge in [0.2, 0.25) is 0 Å². The molecule has 5 heteroatoms. The third-order valence-corrected chi connectivity index (χ3v) is 3.83. The number of aromatic nitrogens is 1. The molecule has 0 aliphatic rings. The van der Waals surface area contributed by atoms with Crippen LogP contribution >= 0.6 is 0 Å². The molecule has 0 saturated carbocycles. The molecule has 1 amide bonds. The molecular formula is C15H18N2O3. The summed E-state index contributed by atoms with van der Waals surface area (Å²) in [6, 6.07) is 4.84. The van der Waals surface area contributed by atoms with Crippen LogP contribution in [0.3, 0.4) is 0 Å². The molecule has 0 bridgehead atoms. The molecule has 1 atom stereocenters. The van der Waals surface area contributed by atoms with Crippen molar-refractivity contribution < 1.29 is 14.7 Å². The van der Waals surface area contributed by atoms with Gasteiger partial charge in [-0.1, -0.05) is 6.07 Å². The summed E-state index contributed by atoms with van der Waals surface area (Å²) >= 11 is 0. The van der Waals surface area contributed by atoms with Crippen LogP contribution < -0.4 is 0 Å². The minimum atomic E-state index is -1.02. The molecule has 1 heterocycles. The number of likely N-dealkylation sites (N-methyl/N-ethyl adjacent to an activating group) is 1. The number of aryl methyl sites for hydroxylation is 2. The highest BCUT2D eigenvalue weighted by Crippen LogP contribution is 2.23. The summed E-state index contributed by atoms with van der Waals surface area (Å²) in [5.74, 6) is -1.35. The van der Waals surface area contributed by atoms with E-state index in [1.54, 1.807) is 6.07 Å². The first-order chi connectivity index (χ1) is 9.32. The fourth-order valence-electron chi connectivity index (χ4n) is 2.10. The number of nitrogens with one attached hydrogen (secondary N) is 1. The lowest BCUT2D eigenvalue weighted by Gasteiger charge is -2.20. The first-order valence-corrected chi connectivity index (χ1v) is 6.41. The minimum Gasteiger partial charge on any atom is -0.480 e. The van der Waals surface area contributed by atoms with E-state index >= 15 is 0 Å². The number of aliphatic carboxylic acids is 1. The number of benzene rings is 1. The molecule has 5 nitrogen and oxygen atoms in total. The van der Waals surface area contributed by atoms with E-state index in [0.717, 1.165) is 22.0 Å². The second-order valence-electron chi connectivity index (χ2n) is 5.08. The van der Waals surface area contributed by atoms with Crippen molar-refractivity contribution in [1.29, 1.82) is 0 Å². The zero-order chi connectivity index (χ0) is 15.0. The molecule has 0 radical (unpaired) electrons. The van der Waals surface area contributed by atoms with Gasteiger partial charge in [0, 0.05) is 18.0 Å². The van der Waals surface area contributed by atoms with E-state index in [0.29, 0.717) is 5.69 Å². The number of amides is 1. The van der Waals surface area contributed by atoms with Gasteiger partial charge in [-0.05, 0) is 44.0 Å². The van der Waals surface area contributed by atoms with E-state index in [2.05, 4.69) is 4.98 Å². The van der Waals surface area contributed by atoms with Gasteiger partial charge in [0.15, 0.2) is 0 Å². The number of hydrogen-bond donors (Lipinski definition) is 2. The highest BCUT2D eigenvalue weighted by Gasteiger charge is 2.24. The van der Waals surface area contributed by atoms with Crippen LogP contribution in [-0.4, -0.2) is 40.0 Å². The summed E-state index contributed by atoms with van der Waals surface area (Å²) in [7, 11) is 1.49. The average molecular weight is 274 g/mol. The van der Waals surface area contributed by atoms with Crippen LogP contribution in [0.4, 0.5) is 0 Å². The Labute approximate surface area is 117 Å². The Morgan fingerprint density at radius 2 is 1.95 bits per heavy atom. The van der Waals surface area contributed by atoms with Crippen molar-refractivity contribution >= 4 is 22.8 Å². The van der Waals surface area contributed by atoms with Crippen LogP contribution in [0, 0.1) is 13.8 Å². The van der Waals surface area contributed by atoms with Crippen LogP contribution in [0.25, 0.3) is 10.9 Å². The Morgan fingerprint density at radius 1 is 1.30 bits per heavy atom. The number of carboxylic acid groups (broad SMARTS) is 1. The van der Waals surface area contributed by atoms with Crippen molar-refractivity contribution in [1.82, 2.24) is 9.88 Å². The maximum Gasteiger partial charge on any atom is 0.326 e. The van der Waals surface area contributed by atoms with Gasteiger partial charge < -0.3 is 15.0 Å². The fraction of sp³-hybridized carbons (Fsp3) is 0.333. The molecule has 1 aromatic carbocycles. The van der Waals surface area contributed by atoms with E-state index < -0.39 is 12.0 Å². The number of fused-ring (bicyclic) bond motifs is 1. The number of H-pyrrole nitrogens is 1. The van der Waals surface area contributed by atoms with Crippen molar-refractivity contribution in [2.24, 2.45) is 0 Å². The lowest BCUT2D eigenvalue weighted by atomic mass is 10.1. The normalized spacial score (nSPS) is 12.4. The highest BCUT2D eigenvalue weighted by atomic mass is 16.4. The Hall–Kier alpha value is -2.30. The Balaban J connectivity index is 2.41. The largest absolute Gasteiger partial charge is 0.480 e. The zero-order valence-corrected chi connectivity index (χ0v) is 12.0. The quantitative estimate of drug-likeness (QED) is 0.902. The first kappa shape index (κ1) is 14.1. The molecule has 0 spiro atoms. The van der Waals surface area contributed by atoms with Crippen LogP contribution in [0.1, 0.15) is 28.5 Å². The molecule has 106 valence electrons. The van der Waals surface area contributed by atoms with Gasteiger partial charge in [0.05, 0.1) is 0 Å². The predicted octanol–water partition coefficient (Wildman–Crippen LogP) is 2.33. The SMILES string of the molecule is Cc1ccc2[nH]c(C(=O)N(C)C(C)C(=O)O)cc2c1C. The topological polar surface area (TPSA) is 73.4 Å². The van der Waals surface area contributed by atoms with E-state index in [1.807, 2.05) is 26.0 Å². The standard InChI is InChI=1S/C15H18N2O3/c1-8-5-6-12-11(9(8)2)7-13(16-12)14(18)17(4)10(3)15(19)20/h5-7,10,16H,1-4H3,(H,19,20). The average Bonchev–Trinajstić information content (AvgIpc) is 2.85. The Bertz CT molecular complexity index is 688. The number of carbonyl (C=O) groups excluding carboxylic acids is 1. The maximum atomic E-state index is 12.3. The van der Waals surface area contributed by atoms with Gasteiger partial charge in [-0.15, -0.1) is 0 Å². The lowest BCUT2D eigenvalue weighted by molar-refractivity contribution is -0.141. The second-order valence-corrected chi connectivity index (χ2v) is 5.08. The molecule has 0 saturated heterocycles.